The van der Waals surface area contributed by atoms with Gasteiger partial charge in [0.1, 0.15) is 5.71 Å². The molecule has 0 aromatic carbocycles. The number of hydrogen-bond donors (Lipinski definition) is 2. The average Bonchev–Trinajstić information content (AvgIpc) is 2.37. The number of hydrazone groups is 1. The largest absolute Gasteiger partial charge is 0.467 e. The fraction of sp³-hybridized carbons (Fsp3) is 0.600. The second-order valence-electron chi connectivity index (χ2n) is 3.70. The van der Waals surface area contributed by atoms with Crippen LogP contribution in [0.4, 0.5) is 0 Å². The summed E-state index contributed by atoms with van der Waals surface area (Å²) >= 11 is 0. The molecule has 0 radical (unpaired) electrons. The predicted octanol–water partition coefficient (Wildman–Crippen LogP) is -1.76. The first-order chi connectivity index (χ1) is 8.49. The minimum absolute atomic E-state index is 0.138. The van der Waals surface area contributed by atoms with Gasteiger partial charge in [-0.25, -0.2) is 9.80 Å². The monoisotopic (exact) mass is 257 g/mol. The normalized spacial score (nSPS) is 16.9. The maximum atomic E-state index is 11.7. The lowest BCUT2D eigenvalue weighted by molar-refractivity contribution is -0.145. The number of hydrogen-bond acceptors (Lipinski definition) is 6. The summed E-state index contributed by atoms with van der Waals surface area (Å²) < 4.78 is 4.41. The van der Waals surface area contributed by atoms with Crippen molar-refractivity contribution in [2.45, 2.75) is 18.9 Å². The molecule has 0 saturated carbocycles. The van der Waals surface area contributed by atoms with Gasteiger partial charge in [-0.3, -0.25) is 9.59 Å². The van der Waals surface area contributed by atoms with Crippen LogP contribution in [0, 0.1) is 0 Å². The van der Waals surface area contributed by atoms with Crippen LogP contribution < -0.4 is 5.32 Å². The van der Waals surface area contributed by atoms with Crippen molar-refractivity contribution in [2.75, 3.05) is 20.8 Å². The molecule has 18 heavy (non-hydrogen) atoms. The molecule has 1 atom stereocenters. The molecule has 2 N–H and O–H groups in total. The predicted molar refractivity (Wildman–Crippen MR) is 60.5 cm³/mol. The van der Waals surface area contributed by atoms with Crippen LogP contribution in [0.1, 0.15) is 12.8 Å². The van der Waals surface area contributed by atoms with E-state index >= 15 is 0 Å². The molecule has 0 fully saturated rings. The van der Waals surface area contributed by atoms with Crippen LogP contribution in [0.15, 0.2) is 5.10 Å². The highest BCUT2D eigenvalue weighted by atomic mass is 16.5. The van der Waals surface area contributed by atoms with E-state index < -0.39 is 24.5 Å². The third-order valence-electron chi connectivity index (χ3n) is 2.44. The Morgan fingerprint density at radius 1 is 1.56 bits per heavy atom. The number of aliphatic hydroxyl groups excluding tert-OH is 1. The lowest BCUT2D eigenvalue weighted by atomic mass is 10.1. The third kappa shape index (κ3) is 3.27. The van der Waals surface area contributed by atoms with Crippen molar-refractivity contribution in [3.05, 3.63) is 0 Å². The molecule has 8 nitrogen and oxygen atoms in total. The van der Waals surface area contributed by atoms with E-state index in [2.05, 4.69) is 15.2 Å². The van der Waals surface area contributed by atoms with E-state index in [4.69, 9.17) is 5.11 Å². The molecule has 100 valence electrons. The lowest BCUT2D eigenvalue weighted by Crippen LogP contribution is -2.48. The van der Waals surface area contributed by atoms with Gasteiger partial charge in [-0.05, 0) is 0 Å². The number of carbonyl (C=O) groups is 3. The lowest BCUT2D eigenvalue weighted by Gasteiger charge is -2.20. The number of ether oxygens (including phenoxy) is 1. The van der Waals surface area contributed by atoms with Crippen LogP contribution in [-0.2, 0) is 19.1 Å². The quantitative estimate of drug-likeness (QED) is 0.580. The Labute approximate surface area is 104 Å². The van der Waals surface area contributed by atoms with Gasteiger partial charge in [0, 0.05) is 19.9 Å². The molecule has 1 heterocycles. The zero-order valence-corrected chi connectivity index (χ0v) is 10.2. The molecule has 0 saturated heterocycles. The molecule has 0 aliphatic carbocycles. The van der Waals surface area contributed by atoms with Gasteiger partial charge in [0.25, 0.3) is 5.91 Å². The summed E-state index contributed by atoms with van der Waals surface area (Å²) in [6.07, 6.45) is 0.388. The fourth-order valence-corrected chi connectivity index (χ4v) is 1.40. The second kappa shape index (κ2) is 6.10. The van der Waals surface area contributed by atoms with Gasteiger partial charge < -0.3 is 15.2 Å². The van der Waals surface area contributed by atoms with Crippen LogP contribution in [0.25, 0.3) is 0 Å². The van der Waals surface area contributed by atoms with E-state index in [1.807, 2.05) is 0 Å². The Kier molecular flexibility index (Phi) is 4.78. The number of esters is 1. The molecule has 1 aliphatic heterocycles. The first-order valence-corrected chi connectivity index (χ1v) is 5.33. The third-order valence-corrected chi connectivity index (χ3v) is 2.44. The van der Waals surface area contributed by atoms with Crippen LogP contribution in [0.2, 0.25) is 0 Å². The van der Waals surface area contributed by atoms with Crippen molar-refractivity contribution in [1.29, 1.82) is 0 Å². The molecule has 0 spiro atoms. The van der Waals surface area contributed by atoms with Gasteiger partial charge in [0.2, 0.25) is 5.91 Å². The molecule has 0 aromatic rings. The summed E-state index contributed by atoms with van der Waals surface area (Å²) in [6, 6.07) is -1.13. The maximum absolute atomic E-state index is 11.7. The van der Waals surface area contributed by atoms with Crippen molar-refractivity contribution >= 4 is 23.5 Å². The van der Waals surface area contributed by atoms with E-state index in [9.17, 15) is 14.4 Å². The van der Waals surface area contributed by atoms with Gasteiger partial charge in [0.05, 0.1) is 13.7 Å². The van der Waals surface area contributed by atoms with Crippen molar-refractivity contribution in [3.8, 4) is 0 Å². The number of nitrogens with one attached hydrogen (secondary N) is 1. The first kappa shape index (κ1) is 14.1. The summed E-state index contributed by atoms with van der Waals surface area (Å²) in [7, 11) is 2.60. The highest BCUT2D eigenvalue weighted by Gasteiger charge is 2.26. The van der Waals surface area contributed by atoms with E-state index in [1.165, 1.54) is 7.05 Å². The van der Waals surface area contributed by atoms with Crippen LogP contribution in [0.3, 0.4) is 0 Å². The summed E-state index contributed by atoms with van der Waals surface area (Å²) in [4.78, 5) is 34.1. The molecular weight excluding hydrogens is 242 g/mol. The van der Waals surface area contributed by atoms with Gasteiger partial charge >= 0.3 is 5.97 Å². The highest BCUT2D eigenvalue weighted by molar-refractivity contribution is 6.39. The second-order valence-corrected chi connectivity index (χ2v) is 3.70. The molecule has 1 aliphatic rings. The minimum Gasteiger partial charge on any atom is -0.467 e. The minimum atomic E-state index is -1.13. The average molecular weight is 257 g/mol. The topological polar surface area (TPSA) is 108 Å². The van der Waals surface area contributed by atoms with E-state index in [1.54, 1.807) is 0 Å². The fourth-order valence-electron chi connectivity index (χ4n) is 1.40. The maximum Gasteiger partial charge on any atom is 0.330 e. The van der Waals surface area contributed by atoms with Gasteiger partial charge in [-0.15, -0.1) is 0 Å². The van der Waals surface area contributed by atoms with E-state index in [0.29, 0.717) is 0 Å². The number of carbonyl (C=O) groups excluding carboxylic acids is 3. The number of aliphatic hydroxyl groups is 1. The molecule has 2 amide bonds. The molecule has 8 heteroatoms. The SMILES string of the molecule is COC(=O)C(CO)NC(=O)C1=NN(C)C(=O)CC1. The zero-order valence-electron chi connectivity index (χ0n) is 10.2. The van der Waals surface area contributed by atoms with Crippen molar-refractivity contribution in [1.82, 2.24) is 10.3 Å². The summed E-state index contributed by atoms with van der Waals surface area (Å²) in [5.74, 6) is -1.52. The molecular formula is C10H15N3O5. The van der Waals surface area contributed by atoms with Crippen molar-refractivity contribution < 1.29 is 24.2 Å². The summed E-state index contributed by atoms with van der Waals surface area (Å²) in [5.41, 5.74) is 0.138. The summed E-state index contributed by atoms with van der Waals surface area (Å²) in [6.45, 7) is -0.569. The number of methoxy groups -OCH3 is 1. The Hall–Kier alpha value is -1.96. The van der Waals surface area contributed by atoms with Crippen molar-refractivity contribution in [2.24, 2.45) is 5.10 Å². The number of rotatable bonds is 4. The Bertz CT molecular complexity index is 393. The molecule has 0 bridgehead atoms. The van der Waals surface area contributed by atoms with Crippen LogP contribution in [-0.4, -0.2) is 60.4 Å². The molecule has 1 rings (SSSR count). The number of nitrogens with zero attached hydrogens (tertiary/aromatic N) is 2. The standard InChI is InChI=1S/C10H15N3O5/c1-13-8(15)4-3-6(12-13)9(16)11-7(5-14)10(17)18-2/h7,14H,3-5H2,1-2H3,(H,11,16). The Balaban J connectivity index is 2.68. The van der Waals surface area contributed by atoms with E-state index in [0.717, 1.165) is 12.1 Å². The van der Waals surface area contributed by atoms with Gasteiger partial charge in [-0.1, -0.05) is 0 Å². The highest BCUT2D eigenvalue weighted by Crippen LogP contribution is 2.07. The molecule has 1 unspecified atom stereocenters. The first-order valence-electron chi connectivity index (χ1n) is 5.33. The van der Waals surface area contributed by atoms with Crippen LogP contribution in [0.5, 0.6) is 0 Å². The van der Waals surface area contributed by atoms with Gasteiger partial charge in [-0.2, -0.15) is 5.10 Å². The summed E-state index contributed by atoms with van der Waals surface area (Å²) in [5, 5.41) is 16.1. The van der Waals surface area contributed by atoms with E-state index in [-0.39, 0.29) is 24.5 Å². The molecule has 0 aromatic heterocycles. The Morgan fingerprint density at radius 2 is 2.22 bits per heavy atom. The Morgan fingerprint density at radius 3 is 2.72 bits per heavy atom. The number of amides is 2. The van der Waals surface area contributed by atoms with Crippen molar-refractivity contribution in [3.63, 3.8) is 0 Å². The zero-order chi connectivity index (χ0) is 13.7. The van der Waals surface area contributed by atoms with Crippen LogP contribution >= 0.6 is 0 Å². The van der Waals surface area contributed by atoms with Gasteiger partial charge in [0.15, 0.2) is 6.04 Å². The smallest absolute Gasteiger partial charge is 0.330 e.